The largest absolute Gasteiger partial charge is 0.372 e. The summed E-state index contributed by atoms with van der Waals surface area (Å²) >= 11 is 0. The minimum Gasteiger partial charge on any atom is -0.372 e. The van der Waals surface area contributed by atoms with Gasteiger partial charge in [0.05, 0.1) is 17.1 Å². The first-order valence-corrected chi connectivity index (χ1v) is 8.30. The van der Waals surface area contributed by atoms with Gasteiger partial charge >= 0.3 is 6.03 Å². The molecular weight excluding hydrogens is 292 g/mol. The number of aryl methyl sites for hydroxylation is 1. The summed E-state index contributed by atoms with van der Waals surface area (Å²) in [6.07, 6.45) is -0.219. The van der Waals surface area contributed by atoms with Crippen LogP contribution in [0.25, 0.3) is 0 Å². The van der Waals surface area contributed by atoms with Gasteiger partial charge in [0.15, 0.2) is 0 Å². The third kappa shape index (κ3) is 3.95. The minimum absolute atomic E-state index is 0.0795. The van der Waals surface area contributed by atoms with Crippen LogP contribution >= 0.6 is 0 Å². The zero-order chi connectivity index (χ0) is 15.6. The van der Waals surface area contributed by atoms with Crippen LogP contribution < -0.4 is 4.72 Å². The molecule has 21 heavy (non-hydrogen) atoms. The number of urea groups is 1. The maximum Gasteiger partial charge on any atom is 0.331 e. The third-order valence-electron chi connectivity index (χ3n) is 3.26. The van der Waals surface area contributed by atoms with Crippen LogP contribution in [0.15, 0.2) is 29.2 Å². The number of rotatable bonds is 2. The number of nitrogens with one attached hydrogen (secondary N) is 1. The van der Waals surface area contributed by atoms with Gasteiger partial charge in [0.2, 0.25) is 0 Å². The fraction of sp³-hybridized carbons (Fsp3) is 0.500. The second-order valence-corrected chi connectivity index (χ2v) is 7.07. The van der Waals surface area contributed by atoms with Gasteiger partial charge in [0.25, 0.3) is 10.0 Å². The average molecular weight is 312 g/mol. The Labute approximate surface area is 125 Å². The van der Waals surface area contributed by atoms with E-state index in [1.165, 1.54) is 17.0 Å². The normalized spacial score (nSPS) is 22.9. The summed E-state index contributed by atoms with van der Waals surface area (Å²) in [5, 5.41) is 0. The highest BCUT2D eigenvalue weighted by molar-refractivity contribution is 7.90. The van der Waals surface area contributed by atoms with E-state index >= 15 is 0 Å². The molecule has 0 bridgehead atoms. The van der Waals surface area contributed by atoms with Crippen LogP contribution in [0.1, 0.15) is 19.4 Å². The highest BCUT2D eigenvalue weighted by Crippen LogP contribution is 2.13. The van der Waals surface area contributed by atoms with Gasteiger partial charge in [-0.1, -0.05) is 17.7 Å². The molecule has 1 aliphatic rings. The highest BCUT2D eigenvalue weighted by atomic mass is 32.2. The molecule has 1 aliphatic heterocycles. The van der Waals surface area contributed by atoms with Crippen molar-refractivity contribution in [2.45, 2.75) is 37.9 Å². The standard InChI is InChI=1S/C14H20N2O4S/c1-10-4-6-13(7-5-10)21(18,19)15-14(17)16-8-11(2)20-12(3)9-16/h4-7,11-12H,8-9H2,1-3H3,(H,15,17)/t11-,12+. The summed E-state index contributed by atoms with van der Waals surface area (Å²) in [7, 11) is -3.84. The van der Waals surface area contributed by atoms with Crippen LogP contribution in [0.4, 0.5) is 4.79 Å². The number of morpholine rings is 1. The lowest BCUT2D eigenvalue weighted by atomic mass is 10.2. The Kier molecular flexibility index (Phi) is 4.53. The van der Waals surface area contributed by atoms with Crippen molar-refractivity contribution in [3.05, 3.63) is 29.8 Å². The monoisotopic (exact) mass is 312 g/mol. The molecule has 1 heterocycles. The van der Waals surface area contributed by atoms with E-state index in [4.69, 9.17) is 4.74 Å². The first-order chi connectivity index (χ1) is 9.78. The quantitative estimate of drug-likeness (QED) is 0.898. The van der Waals surface area contributed by atoms with Gasteiger partial charge in [-0.25, -0.2) is 17.9 Å². The third-order valence-corrected chi connectivity index (χ3v) is 4.60. The van der Waals surface area contributed by atoms with Crippen molar-refractivity contribution >= 4 is 16.1 Å². The number of ether oxygens (including phenoxy) is 1. The lowest BCUT2D eigenvalue weighted by Crippen LogP contribution is -2.52. The smallest absolute Gasteiger partial charge is 0.331 e. The number of carbonyl (C=O) groups is 1. The fourth-order valence-electron chi connectivity index (χ4n) is 2.30. The number of hydrogen-bond donors (Lipinski definition) is 1. The van der Waals surface area contributed by atoms with E-state index in [0.717, 1.165) is 5.56 Å². The molecule has 6 nitrogen and oxygen atoms in total. The summed E-state index contributed by atoms with van der Waals surface area (Å²) in [6.45, 7) is 6.32. The van der Waals surface area contributed by atoms with Gasteiger partial charge in [-0.3, -0.25) is 0 Å². The van der Waals surface area contributed by atoms with Crippen LogP contribution in [-0.4, -0.2) is 44.6 Å². The highest BCUT2D eigenvalue weighted by Gasteiger charge is 2.28. The van der Waals surface area contributed by atoms with Crippen molar-refractivity contribution in [2.75, 3.05) is 13.1 Å². The van der Waals surface area contributed by atoms with Crippen molar-refractivity contribution in [2.24, 2.45) is 0 Å². The number of nitrogens with zero attached hydrogens (tertiary/aromatic N) is 1. The number of amides is 2. The topological polar surface area (TPSA) is 75.7 Å². The van der Waals surface area contributed by atoms with Crippen LogP contribution in [0, 0.1) is 6.92 Å². The Balaban J connectivity index is 2.09. The SMILES string of the molecule is Cc1ccc(S(=O)(=O)NC(=O)N2C[C@@H](C)O[C@@H](C)C2)cc1. The maximum atomic E-state index is 12.2. The fourth-order valence-corrected chi connectivity index (χ4v) is 3.27. The van der Waals surface area contributed by atoms with Crippen molar-refractivity contribution < 1.29 is 17.9 Å². The van der Waals surface area contributed by atoms with E-state index < -0.39 is 16.1 Å². The number of benzene rings is 1. The summed E-state index contributed by atoms with van der Waals surface area (Å²) in [4.78, 5) is 13.7. The van der Waals surface area contributed by atoms with Gasteiger partial charge < -0.3 is 9.64 Å². The van der Waals surface area contributed by atoms with Crippen molar-refractivity contribution in [1.82, 2.24) is 9.62 Å². The second-order valence-electron chi connectivity index (χ2n) is 5.39. The van der Waals surface area contributed by atoms with E-state index in [-0.39, 0.29) is 17.1 Å². The van der Waals surface area contributed by atoms with Crippen LogP contribution in [0.3, 0.4) is 0 Å². The Morgan fingerprint density at radius 3 is 2.24 bits per heavy atom. The number of carbonyl (C=O) groups excluding carboxylic acids is 1. The molecule has 1 fully saturated rings. The Bertz CT molecular complexity index is 602. The molecule has 0 aliphatic carbocycles. The molecule has 1 aromatic rings. The molecule has 0 aromatic heterocycles. The van der Waals surface area contributed by atoms with Gasteiger partial charge in [-0.2, -0.15) is 0 Å². The molecular formula is C14H20N2O4S. The predicted octanol–water partition coefficient (Wildman–Crippen LogP) is 1.50. The Morgan fingerprint density at radius 2 is 1.71 bits per heavy atom. The van der Waals surface area contributed by atoms with Gasteiger partial charge in [0.1, 0.15) is 0 Å². The lowest BCUT2D eigenvalue weighted by molar-refractivity contribution is -0.0539. The van der Waals surface area contributed by atoms with Crippen LogP contribution in [0.2, 0.25) is 0 Å². The van der Waals surface area contributed by atoms with Crippen LogP contribution in [0.5, 0.6) is 0 Å². The van der Waals surface area contributed by atoms with E-state index in [0.29, 0.717) is 13.1 Å². The van der Waals surface area contributed by atoms with Gasteiger partial charge in [-0.05, 0) is 32.9 Å². The Morgan fingerprint density at radius 1 is 1.19 bits per heavy atom. The van der Waals surface area contributed by atoms with Crippen molar-refractivity contribution in [3.8, 4) is 0 Å². The first kappa shape index (κ1) is 15.8. The molecule has 0 spiro atoms. The lowest BCUT2D eigenvalue weighted by Gasteiger charge is -2.35. The minimum atomic E-state index is -3.84. The molecule has 116 valence electrons. The molecule has 2 rings (SSSR count). The molecule has 1 aromatic carbocycles. The molecule has 0 radical (unpaired) electrons. The average Bonchev–Trinajstić information content (AvgIpc) is 2.37. The molecule has 2 atom stereocenters. The zero-order valence-electron chi connectivity index (χ0n) is 12.4. The summed E-state index contributed by atoms with van der Waals surface area (Å²) in [6, 6.07) is 5.73. The number of hydrogen-bond acceptors (Lipinski definition) is 4. The molecule has 7 heteroatoms. The molecule has 2 amide bonds. The molecule has 0 unspecified atom stereocenters. The molecule has 1 saturated heterocycles. The molecule has 0 saturated carbocycles. The van der Waals surface area contributed by atoms with Gasteiger partial charge in [0, 0.05) is 13.1 Å². The maximum absolute atomic E-state index is 12.2. The summed E-state index contributed by atoms with van der Waals surface area (Å²) in [5.74, 6) is 0. The van der Waals surface area contributed by atoms with Crippen molar-refractivity contribution in [3.63, 3.8) is 0 Å². The van der Waals surface area contributed by atoms with E-state index in [9.17, 15) is 13.2 Å². The predicted molar refractivity (Wildman–Crippen MR) is 78.5 cm³/mol. The van der Waals surface area contributed by atoms with E-state index in [2.05, 4.69) is 4.72 Å². The Hall–Kier alpha value is -1.60. The summed E-state index contributed by atoms with van der Waals surface area (Å²) < 4.78 is 32.0. The first-order valence-electron chi connectivity index (χ1n) is 6.82. The van der Waals surface area contributed by atoms with E-state index in [1.54, 1.807) is 12.1 Å². The summed E-state index contributed by atoms with van der Waals surface area (Å²) in [5.41, 5.74) is 0.955. The van der Waals surface area contributed by atoms with E-state index in [1.807, 2.05) is 20.8 Å². The zero-order valence-corrected chi connectivity index (χ0v) is 13.2. The van der Waals surface area contributed by atoms with Crippen LogP contribution in [-0.2, 0) is 14.8 Å². The number of sulfonamides is 1. The van der Waals surface area contributed by atoms with Gasteiger partial charge in [-0.15, -0.1) is 0 Å². The molecule has 1 N–H and O–H groups in total. The van der Waals surface area contributed by atoms with Crippen molar-refractivity contribution in [1.29, 1.82) is 0 Å². The second kappa shape index (κ2) is 6.03.